The fourth-order valence-electron chi connectivity index (χ4n) is 3.87. The van der Waals surface area contributed by atoms with Gasteiger partial charge in [0.05, 0.1) is 0 Å². The number of rotatable bonds is 6. The highest BCUT2D eigenvalue weighted by Crippen LogP contribution is 2.31. The number of nitrogens with zero attached hydrogens (tertiary/aromatic N) is 1. The van der Waals surface area contributed by atoms with Gasteiger partial charge in [-0.3, -0.25) is 4.79 Å². The van der Waals surface area contributed by atoms with Crippen LogP contribution in [0.1, 0.15) is 25.8 Å². The topological polar surface area (TPSA) is 43.3 Å². The van der Waals surface area contributed by atoms with Crippen molar-refractivity contribution < 1.29 is 9.53 Å². The van der Waals surface area contributed by atoms with E-state index in [-0.39, 0.29) is 5.91 Å². The molecule has 4 rings (SSSR count). The number of anilines is 1. The van der Waals surface area contributed by atoms with E-state index in [1.807, 2.05) is 38.1 Å². The molecule has 0 fully saturated rings. The van der Waals surface area contributed by atoms with Crippen molar-refractivity contribution in [2.24, 2.45) is 0 Å². The molecule has 0 bridgehead atoms. The van der Waals surface area contributed by atoms with Gasteiger partial charge in [-0.05, 0) is 68.3 Å². The number of carbonyl (C=O) groups excluding carboxylic acids is 1. The Morgan fingerprint density at radius 2 is 1.80 bits per heavy atom. The number of para-hydroxylation sites is 1. The van der Waals surface area contributed by atoms with E-state index in [1.165, 1.54) is 10.9 Å². The van der Waals surface area contributed by atoms with E-state index in [0.29, 0.717) is 17.2 Å². The first kappa shape index (κ1) is 20.3. The van der Waals surface area contributed by atoms with Crippen molar-refractivity contribution >= 4 is 45.0 Å². The van der Waals surface area contributed by atoms with Crippen molar-refractivity contribution in [3.05, 3.63) is 71.2 Å². The summed E-state index contributed by atoms with van der Waals surface area (Å²) in [5.41, 5.74) is 4.05. The summed E-state index contributed by atoms with van der Waals surface area (Å²) >= 11 is 6.09. The van der Waals surface area contributed by atoms with E-state index in [0.717, 1.165) is 28.7 Å². The van der Waals surface area contributed by atoms with E-state index < -0.39 is 6.10 Å². The number of aromatic nitrogens is 1. The first-order chi connectivity index (χ1) is 14.5. The lowest BCUT2D eigenvalue weighted by molar-refractivity contribution is -0.122. The van der Waals surface area contributed by atoms with Crippen LogP contribution < -0.4 is 10.1 Å². The first-order valence-electron chi connectivity index (χ1n) is 10.3. The van der Waals surface area contributed by atoms with Crippen molar-refractivity contribution in [3.63, 3.8) is 0 Å². The van der Waals surface area contributed by atoms with E-state index in [1.54, 1.807) is 12.1 Å². The van der Waals surface area contributed by atoms with Crippen LogP contribution in [0.3, 0.4) is 0 Å². The van der Waals surface area contributed by atoms with Crippen LogP contribution in [0.5, 0.6) is 5.75 Å². The van der Waals surface area contributed by atoms with Gasteiger partial charge in [0.25, 0.3) is 5.91 Å². The van der Waals surface area contributed by atoms with Gasteiger partial charge < -0.3 is 14.6 Å². The molecule has 0 radical (unpaired) electrons. The maximum atomic E-state index is 12.9. The highest BCUT2D eigenvalue weighted by atomic mass is 35.5. The zero-order chi connectivity index (χ0) is 21.3. The Morgan fingerprint density at radius 3 is 2.53 bits per heavy atom. The second-order valence-corrected chi connectivity index (χ2v) is 7.82. The summed E-state index contributed by atoms with van der Waals surface area (Å²) in [6, 6.07) is 19.8. The Morgan fingerprint density at radius 1 is 1.03 bits per heavy atom. The number of nitrogens with one attached hydrogen (secondary N) is 1. The average Bonchev–Trinajstić information content (AvgIpc) is 3.07. The summed E-state index contributed by atoms with van der Waals surface area (Å²) in [5, 5.41) is 6.02. The molecule has 0 spiro atoms. The Balaban J connectivity index is 1.60. The van der Waals surface area contributed by atoms with Crippen molar-refractivity contribution in [1.29, 1.82) is 0 Å². The second kappa shape index (κ2) is 8.41. The van der Waals surface area contributed by atoms with Crippen molar-refractivity contribution in [2.45, 2.75) is 39.8 Å². The fraction of sp³-hybridized carbons (Fsp3) is 0.240. The Hall–Kier alpha value is -2.98. The normalized spacial score (nSPS) is 12.3. The van der Waals surface area contributed by atoms with Crippen LogP contribution in [0.4, 0.5) is 5.69 Å². The van der Waals surface area contributed by atoms with Gasteiger partial charge in [-0.1, -0.05) is 36.7 Å². The first-order valence-corrected chi connectivity index (χ1v) is 10.6. The minimum Gasteiger partial charge on any atom is -0.481 e. The van der Waals surface area contributed by atoms with E-state index in [9.17, 15) is 4.79 Å². The third kappa shape index (κ3) is 3.75. The second-order valence-electron chi connectivity index (χ2n) is 7.41. The van der Waals surface area contributed by atoms with Gasteiger partial charge in [0.2, 0.25) is 0 Å². The van der Waals surface area contributed by atoms with Gasteiger partial charge >= 0.3 is 0 Å². The Labute approximate surface area is 181 Å². The summed E-state index contributed by atoms with van der Waals surface area (Å²) in [5.74, 6) is 0.476. The zero-order valence-corrected chi connectivity index (χ0v) is 18.2. The predicted octanol–water partition coefficient (Wildman–Crippen LogP) is 6.57. The molecule has 3 aromatic carbocycles. The van der Waals surface area contributed by atoms with Crippen LogP contribution in [0, 0.1) is 6.92 Å². The molecule has 1 heterocycles. The molecule has 4 nitrogen and oxygen atoms in total. The number of halogens is 1. The monoisotopic (exact) mass is 420 g/mol. The van der Waals surface area contributed by atoms with E-state index >= 15 is 0 Å². The zero-order valence-electron chi connectivity index (χ0n) is 17.4. The summed E-state index contributed by atoms with van der Waals surface area (Å²) < 4.78 is 8.23. The van der Waals surface area contributed by atoms with Gasteiger partial charge in [-0.2, -0.15) is 0 Å². The summed E-state index contributed by atoms with van der Waals surface area (Å²) in [4.78, 5) is 12.9. The molecule has 0 aliphatic rings. The molecule has 0 unspecified atom stereocenters. The van der Waals surface area contributed by atoms with Gasteiger partial charge in [-0.25, -0.2) is 0 Å². The van der Waals surface area contributed by atoms with E-state index in [4.69, 9.17) is 16.3 Å². The van der Waals surface area contributed by atoms with Crippen LogP contribution in [-0.4, -0.2) is 16.6 Å². The number of hydrogen-bond donors (Lipinski definition) is 1. The molecular weight excluding hydrogens is 396 g/mol. The van der Waals surface area contributed by atoms with E-state index in [2.05, 4.69) is 41.1 Å². The van der Waals surface area contributed by atoms with Crippen LogP contribution in [0.15, 0.2) is 60.7 Å². The van der Waals surface area contributed by atoms with Crippen LogP contribution in [0.2, 0.25) is 5.02 Å². The van der Waals surface area contributed by atoms with Crippen LogP contribution in [-0.2, 0) is 11.3 Å². The molecule has 1 amide bonds. The highest BCUT2D eigenvalue weighted by Gasteiger charge is 2.19. The number of ether oxygens (including phenoxy) is 1. The number of carbonyl (C=O) groups is 1. The van der Waals surface area contributed by atoms with Crippen molar-refractivity contribution in [2.75, 3.05) is 5.32 Å². The number of hydrogen-bond acceptors (Lipinski definition) is 2. The molecular formula is C25H25ClN2O2. The minimum absolute atomic E-state index is 0.163. The average molecular weight is 421 g/mol. The standard InChI is InChI=1S/C25H25ClN2O2/c1-4-24(30-18-11-12-21(26)16(3)14-18)25(29)27-17-10-13-23-20(15-17)19-8-6-7-9-22(19)28(23)5-2/h6-15,24H,4-5H2,1-3H3,(H,27,29)/t24-/m1/s1. The molecule has 0 saturated heterocycles. The molecule has 1 atom stereocenters. The Bertz CT molecular complexity index is 1230. The molecule has 154 valence electrons. The van der Waals surface area contributed by atoms with Crippen molar-refractivity contribution in [1.82, 2.24) is 4.57 Å². The number of aryl methyl sites for hydroxylation is 2. The number of fused-ring (bicyclic) bond motifs is 3. The lowest BCUT2D eigenvalue weighted by Gasteiger charge is -2.18. The molecule has 30 heavy (non-hydrogen) atoms. The third-order valence-electron chi connectivity index (χ3n) is 5.43. The van der Waals surface area contributed by atoms with Gasteiger partial charge in [-0.15, -0.1) is 0 Å². The molecule has 1 aromatic heterocycles. The molecule has 0 saturated carbocycles. The predicted molar refractivity (Wildman–Crippen MR) is 125 cm³/mol. The summed E-state index contributed by atoms with van der Waals surface area (Å²) in [6.07, 6.45) is -0.0245. The maximum Gasteiger partial charge on any atom is 0.265 e. The van der Waals surface area contributed by atoms with Gasteiger partial charge in [0.1, 0.15) is 5.75 Å². The van der Waals surface area contributed by atoms with Crippen LogP contribution >= 0.6 is 11.6 Å². The third-order valence-corrected chi connectivity index (χ3v) is 5.85. The maximum absolute atomic E-state index is 12.9. The SMILES string of the molecule is CC[C@@H](Oc1ccc(Cl)c(C)c1)C(=O)Nc1ccc2c(c1)c1ccccc1n2CC. The lowest BCUT2D eigenvalue weighted by atomic mass is 10.1. The van der Waals surface area contributed by atoms with Crippen molar-refractivity contribution in [3.8, 4) is 5.75 Å². The van der Waals surface area contributed by atoms with Crippen LogP contribution in [0.25, 0.3) is 21.8 Å². The molecule has 5 heteroatoms. The van der Waals surface area contributed by atoms with Gasteiger partial charge in [0, 0.05) is 39.1 Å². The minimum atomic E-state index is -0.585. The Kier molecular flexibility index (Phi) is 5.69. The summed E-state index contributed by atoms with van der Waals surface area (Å²) in [6.45, 7) is 6.88. The van der Waals surface area contributed by atoms with Gasteiger partial charge in [0.15, 0.2) is 6.10 Å². The molecule has 4 aromatic rings. The quantitative estimate of drug-likeness (QED) is 0.383. The molecule has 0 aliphatic carbocycles. The molecule has 0 aliphatic heterocycles. The number of benzene rings is 3. The highest BCUT2D eigenvalue weighted by molar-refractivity contribution is 6.31. The summed E-state index contributed by atoms with van der Waals surface area (Å²) in [7, 11) is 0. The smallest absolute Gasteiger partial charge is 0.265 e. The molecule has 1 N–H and O–H groups in total. The fourth-order valence-corrected chi connectivity index (χ4v) is 3.99. The number of amides is 1. The largest absolute Gasteiger partial charge is 0.481 e. The lowest BCUT2D eigenvalue weighted by Crippen LogP contribution is -2.32.